The van der Waals surface area contributed by atoms with E-state index in [2.05, 4.69) is 15.4 Å². The maximum Gasteiger partial charge on any atom is 0.416 e. The topological polar surface area (TPSA) is 84.5 Å². The summed E-state index contributed by atoms with van der Waals surface area (Å²) in [6.45, 7) is -0.313. The second kappa shape index (κ2) is 9.93. The molecule has 0 aromatic heterocycles. The third kappa shape index (κ3) is 6.63. The van der Waals surface area contributed by atoms with Crippen LogP contribution >= 0.6 is 11.6 Å². The SMILES string of the molecule is COC(=O)CNC(=O)c1cccc(NC(=O)C=Cc2cc(C(F)(F)F)ccc2Cl)c1. The van der Waals surface area contributed by atoms with E-state index >= 15 is 0 Å². The summed E-state index contributed by atoms with van der Waals surface area (Å²) in [6.07, 6.45) is -2.37. The molecule has 10 heteroatoms. The summed E-state index contributed by atoms with van der Waals surface area (Å²) >= 11 is 5.88. The van der Waals surface area contributed by atoms with Gasteiger partial charge in [-0.3, -0.25) is 14.4 Å². The van der Waals surface area contributed by atoms with Gasteiger partial charge in [0.1, 0.15) is 6.54 Å². The van der Waals surface area contributed by atoms with E-state index in [1.54, 1.807) is 0 Å². The van der Waals surface area contributed by atoms with Crippen molar-refractivity contribution in [1.29, 1.82) is 0 Å². The number of rotatable bonds is 6. The first-order chi connectivity index (χ1) is 14.1. The molecule has 2 amide bonds. The van der Waals surface area contributed by atoms with Gasteiger partial charge in [-0.2, -0.15) is 13.2 Å². The fourth-order valence-corrected chi connectivity index (χ4v) is 2.44. The van der Waals surface area contributed by atoms with Gasteiger partial charge in [0.25, 0.3) is 5.91 Å². The Balaban J connectivity index is 2.07. The molecule has 0 heterocycles. The number of methoxy groups -OCH3 is 1. The number of nitrogens with one attached hydrogen (secondary N) is 2. The average Bonchev–Trinajstić information content (AvgIpc) is 2.70. The number of anilines is 1. The smallest absolute Gasteiger partial charge is 0.416 e. The van der Waals surface area contributed by atoms with Crippen LogP contribution in [0, 0.1) is 0 Å². The number of hydrogen-bond acceptors (Lipinski definition) is 4. The predicted molar refractivity (Wildman–Crippen MR) is 105 cm³/mol. The van der Waals surface area contributed by atoms with Crippen molar-refractivity contribution in [2.45, 2.75) is 6.18 Å². The van der Waals surface area contributed by atoms with E-state index in [0.717, 1.165) is 30.4 Å². The molecule has 2 aromatic rings. The summed E-state index contributed by atoms with van der Waals surface area (Å²) in [5.74, 6) is -1.82. The van der Waals surface area contributed by atoms with Crippen molar-refractivity contribution < 1.29 is 32.3 Å². The molecule has 0 fully saturated rings. The van der Waals surface area contributed by atoms with Crippen LogP contribution in [0.3, 0.4) is 0 Å². The van der Waals surface area contributed by atoms with Crippen molar-refractivity contribution in [1.82, 2.24) is 5.32 Å². The molecular weight excluding hydrogens is 425 g/mol. The Morgan fingerprint density at radius 2 is 1.87 bits per heavy atom. The second-order valence-electron chi connectivity index (χ2n) is 5.90. The average molecular weight is 441 g/mol. The molecule has 0 saturated heterocycles. The van der Waals surface area contributed by atoms with Crippen molar-refractivity contribution in [2.75, 3.05) is 19.0 Å². The summed E-state index contributed by atoms with van der Waals surface area (Å²) in [4.78, 5) is 35.2. The molecule has 6 nitrogen and oxygen atoms in total. The van der Waals surface area contributed by atoms with Crippen LogP contribution in [-0.4, -0.2) is 31.4 Å². The molecule has 2 N–H and O–H groups in total. The molecular formula is C20H16ClF3N2O4. The van der Waals surface area contributed by atoms with Crippen molar-refractivity contribution in [3.05, 3.63) is 70.3 Å². The lowest BCUT2D eigenvalue weighted by Gasteiger charge is -2.08. The van der Waals surface area contributed by atoms with Gasteiger partial charge in [0.05, 0.1) is 12.7 Å². The lowest BCUT2D eigenvalue weighted by atomic mass is 10.1. The molecule has 0 bridgehead atoms. The number of esters is 1. The van der Waals surface area contributed by atoms with Crippen LogP contribution in [-0.2, 0) is 20.5 Å². The van der Waals surface area contributed by atoms with Gasteiger partial charge >= 0.3 is 12.1 Å². The minimum absolute atomic E-state index is 0.0255. The van der Waals surface area contributed by atoms with Crippen molar-refractivity contribution in [3.8, 4) is 0 Å². The van der Waals surface area contributed by atoms with Crippen LogP contribution in [0.2, 0.25) is 5.02 Å². The van der Waals surface area contributed by atoms with Gasteiger partial charge in [-0.1, -0.05) is 17.7 Å². The second-order valence-corrected chi connectivity index (χ2v) is 6.30. The quantitative estimate of drug-likeness (QED) is 0.527. The van der Waals surface area contributed by atoms with Gasteiger partial charge in [-0.15, -0.1) is 0 Å². The van der Waals surface area contributed by atoms with Gasteiger partial charge in [-0.25, -0.2) is 0 Å². The molecule has 2 aromatic carbocycles. The highest BCUT2D eigenvalue weighted by molar-refractivity contribution is 6.32. The third-order valence-corrected chi connectivity index (χ3v) is 4.10. The van der Waals surface area contributed by atoms with Gasteiger partial charge in [0.2, 0.25) is 5.91 Å². The van der Waals surface area contributed by atoms with E-state index in [1.165, 1.54) is 31.4 Å². The Kier molecular flexibility index (Phi) is 7.60. The van der Waals surface area contributed by atoms with Crippen LogP contribution < -0.4 is 10.6 Å². The first kappa shape index (κ1) is 23.0. The summed E-state index contributed by atoms with van der Waals surface area (Å²) in [5, 5.41) is 4.89. The standard InChI is InChI=1S/C20H16ClF3N2O4/c1-30-18(28)11-25-19(29)13-3-2-4-15(10-13)26-17(27)8-5-12-9-14(20(22,23)24)6-7-16(12)21/h2-10H,11H2,1H3,(H,25,29)(H,26,27). The summed E-state index contributed by atoms with van der Waals surface area (Å²) in [6, 6.07) is 8.64. The zero-order valence-corrected chi connectivity index (χ0v) is 16.3. The molecule has 158 valence electrons. The van der Waals surface area contributed by atoms with Crippen molar-refractivity contribution >= 4 is 41.1 Å². The maximum atomic E-state index is 12.8. The van der Waals surface area contributed by atoms with Gasteiger partial charge in [0.15, 0.2) is 0 Å². The van der Waals surface area contributed by atoms with E-state index in [-0.39, 0.29) is 28.4 Å². The summed E-state index contributed by atoms with van der Waals surface area (Å²) < 4.78 is 42.8. The number of benzene rings is 2. The lowest BCUT2D eigenvalue weighted by Crippen LogP contribution is -2.30. The minimum Gasteiger partial charge on any atom is -0.468 e. The first-order valence-electron chi connectivity index (χ1n) is 8.41. The zero-order valence-electron chi connectivity index (χ0n) is 15.5. The van der Waals surface area contributed by atoms with E-state index < -0.39 is 29.5 Å². The Labute approximate surface area is 174 Å². The fraction of sp³-hybridized carbons (Fsp3) is 0.150. The molecule has 0 unspecified atom stereocenters. The summed E-state index contributed by atoms with van der Waals surface area (Å²) in [5.41, 5.74) is -0.415. The number of amides is 2. The zero-order chi connectivity index (χ0) is 22.3. The van der Waals surface area contributed by atoms with Crippen LogP contribution in [0.5, 0.6) is 0 Å². The number of alkyl halides is 3. The summed E-state index contributed by atoms with van der Waals surface area (Å²) in [7, 11) is 1.19. The number of hydrogen-bond donors (Lipinski definition) is 2. The van der Waals surface area contributed by atoms with Crippen molar-refractivity contribution in [2.24, 2.45) is 0 Å². The highest BCUT2D eigenvalue weighted by atomic mass is 35.5. The Morgan fingerprint density at radius 1 is 1.13 bits per heavy atom. The normalized spacial score (nSPS) is 11.2. The molecule has 0 saturated carbocycles. The van der Waals surface area contributed by atoms with Gasteiger partial charge in [-0.05, 0) is 48.0 Å². The van der Waals surface area contributed by atoms with Crippen LogP contribution in [0.1, 0.15) is 21.5 Å². The monoisotopic (exact) mass is 440 g/mol. The van der Waals surface area contributed by atoms with Crippen LogP contribution in [0.4, 0.5) is 18.9 Å². The third-order valence-electron chi connectivity index (χ3n) is 3.75. The maximum absolute atomic E-state index is 12.8. The highest BCUT2D eigenvalue weighted by Crippen LogP contribution is 2.32. The fourth-order valence-electron chi connectivity index (χ4n) is 2.26. The molecule has 0 aliphatic heterocycles. The molecule has 0 radical (unpaired) electrons. The molecule has 0 aliphatic rings. The molecule has 0 atom stereocenters. The molecule has 0 aliphatic carbocycles. The number of halogens is 4. The van der Waals surface area contributed by atoms with Crippen LogP contribution in [0.25, 0.3) is 6.08 Å². The highest BCUT2D eigenvalue weighted by Gasteiger charge is 2.30. The molecule has 30 heavy (non-hydrogen) atoms. The van der Waals surface area contributed by atoms with Gasteiger partial charge < -0.3 is 15.4 Å². The Bertz CT molecular complexity index is 990. The van der Waals surface area contributed by atoms with Gasteiger partial charge in [0, 0.05) is 22.3 Å². The lowest BCUT2D eigenvalue weighted by molar-refractivity contribution is -0.139. The van der Waals surface area contributed by atoms with E-state index in [1.807, 2.05) is 0 Å². The molecule has 2 rings (SSSR count). The number of carbonyl (C=O) groups excluding carboxylic acids is 3. The number of carbonyl (C=O) groups is 3. The van der Waals surface area contributed by atoms with E-state index in [0.29, 0.717) is 0 Å². The Hall–Kier alpha value is -3.33. The Morgan fingerprint density at radius 3 is 2.53 bits per heavy atom. The molecule has 0 spiro atoms. The first-order valence-corrected chi connectivity index (χ1v) is 8.79. The van der Waals surface area contributed by atoms with E-state index in [9.17, 15) is 27.6 Å². The largest absolute Gasteiger partial charge is 0.468 e. The minimum atomic E-state index is -4.54. The van der Waals surface area contributed by atoms with Crippen LogP contribution in [0.15, 0.2) is 48.5 Å². The van der Waals surface area contributed by atoms with Crippen molar-refractivity contribution in [3.63, 3.8) is 0 Å². The van der Waals surface area contributed by atoms with E-state index in [4.69, 9.17) is 11.6 Å². The number of ether oxygens (including phenoxy) is 1. The predicted octanol–water partition coefficient (Wildman–Crippen LogP) is 3.91.